The van der Waals surface area contributed by atoms with Crippen LogP contribution in [0, 0.1) is 0 Å². The van der Waals surface area contributed by atoms with Gasteiger partial charge in [0.05, 0.1) is 5.76 Å². The molecule has 1 nitrogen and oxygen atoms in total. The molecule has 0 heterocycles. The van der Waals surface area contributed by atoms with Crippen molar-refractivity contribution in [3.8, 4) is 0 Å². The van der Waals surface area contributed by atoms with Gasteiger partial charge < -0.3 is 4.74 Å². The number of hydrogen-bond donors (Lipinski definition) is 0. The molecule has 0 rings (SSSR count). The van der Waals surface area contributed by atoms with Crippen LogP contribution in [0.4, 0.5) is 0 Å². The van der Waals surface area contributed by atoms with Gasteiger partial charge in [0, 0.05) is 0 Å². The van der Waals surface area contributed by atoms with Crippen molar-refractivity contribution in [2.24, 2.45) is 0 Å². The van der Waals surface area contributed by atoms with Crippen LogP contribution >= 0.6 is 0 Å². The van der Waals surface area contributed by atoms with Crippen molar-refractivity contribution in [1.82, 2.24) is 0 Å². The predicted molar refractivity (Wildman–Crippen MR) is 53.9 cm³/mol. The molecule has 0 aliphatic rings. The summed E-state index contributed by atoms with van der Waals surface area (Å²) in [5.41, 5.74) is 1.12. The second-order valence-electron chi connectivity index (χ2n) is 2.45. The minimum Gasteiger partial charge on any atom is -0.494 e. The highest BCUT2D eigenvalue weighted by molar-refractivity contribution is 5.21. The van der Waals surface area contributed by atoms with Crippen LogP contribution in [0.3, 0.4) is 0 Å². The highest BCUT2D eigenvalue weighted by Gasteiger charge is 1.90. The number of rotatable bonds is 5. The van der Waals surface area contributed by atoms with Gasteiger partial charge in [-0.2, -0.15) is 0 Å². The summed E-state index contributed by atoms with van der Waals surface area (Å²) in [4.78, 5) is 0. The molecule has 66 valence electrons. The first-order valence-corrected chi connectivity index (χ1v) is 3.93. The Morgan fingerprint density at radius 3 is 2.58 bits per heavy atom. The molecular formula is C11H16O. The number of ether oxygens (including phenoxy) is 1. The van der Waals surface area contributed by atoms with E-state index in [1.54, 1.807) is 6.08 Å². The molecule has 0 saturated carbocycles. The molecule has 0 fully saturated rings. The maximum absolute atomic E-state index is 5.24. The Morgan fingerprint density at radius 2 is 2.17 bits per heavy atom. The molecule has 12 heavy (non-hydrogen) atoms. The standard InChI is InChI=1S/C11H16O/c1-5-7-8-11(6-2)9-12-10(3)4/h5-8H,1,3,9H2,2,4H3/b8-7-,11-6+. The molecule has 0 bridgehead atoms. The third-order valence-corrected chi connectivity index (χ3v) is 1.30. The summed E-state index contributed by atoms with van der Waals surface area (Å²) in [5, 5.41) is 0. The van der Waals surface area contributed by atoms with Gasteiger partial charge in [-0.15, -0.1) is 0 Å². The van der Waals surface area contributed by atoms with Gasteiger partial charge in [-0.1, -0.05) is 37.5 Å². The van der Waals surface area contributed by atoms with E-state index < -0.39 is 0 Å². The molecule has 0 radical (unpaired) electrons. The van der Waals surface area contributed by atoms with Gasteiger partial charge in [-0.05, 0) is 19.4 Å². The van der Waals surface area contributed by atoms with E-state index >= 15 is 0 Å². The van der Waals surface area contributed by atoms with E-state index in [-0.39, 0.29) is 0 Å². The number of hydrogen-bond acceptors (Lipinski definition) is 1. The molecule has 0 amide bonds. The summed E-state index contributed by atoms with van der Waals surface area (Å²) in [6, 6.07) is 0. The molecule has 0 aromatic rings. The predicted octanol–water partition coefficient (Wildman–Crippen LogP) is 3.23. The van der Waals surface area contributed by atoms with Crippen LogP contribution in [0.15, 0.2) is 48.8 Å². The van der Waals surface area contributed by atoms with Gasteiger partial charge in [0.1, 0.15) is 6.61 Å². The molecule has 0 N–H and O–H groups in total. The zero-order valence-electron chi connectivity index (χ0n) is 7.84. The van der Waals surface area contributed by atoms with Crippen molar-refractivity contribution in [2.75, 3.05) is 6.61 Å². The smallest absolute Gasteiger partial charge is 0.112 e. The maximum Gasteiger partial charge on any atom is 0.112 e. The SMILES string of the molecule is C=C/C=C\C(=C/C)COC(=C)C. The number of allylic oxidation sites excluding steroid dienone is 4. The van der Waals surface area contributed by atoms with E-state index in [0.29, 0.717) is 6.61 Å². The molecule has 0 spiro atoms. The fourth-order valence-corrected chi connectivity index (χ4v) is 0.626. The van der Waals surface area contributed by atoms with E-state index in [4.69, 9.17) is 4.74 Å². The lowest BCUT2D eigenvalue weighted by molar-refractivity contribution is 0.246. The normalized spacial score (nSPS) is 11.7. The lowest BCUT2D eigenvalue weighted by Crippen LogP contribution is -1.93. The summed E-state index contributed by atoms with van der Waals surface area (Å²) >= 11 is 0. The Morgan fingerprint density at radius 1 is 1.50 bits per heavy atom. The summed E-state index contributed by atoms with van der Waals surface area (Å²) in [6.07, 6.45) is 7.60. The third kappa shape index (κ3) is 5.54. The van der Waals surface area contributed by atoms with Crippen LogP contribution in [-0.4, -0.2) is 6.61 Å². The topological polar surface area (TPSA) is 9.23 Å². The average molecular weight is 164 g/mol. The summed E-state index contributed by atoms with van der Waals surface area (Å²) in [5.74, 6) is 0.737. The zero-order valence-corrected chi connectivity index (χ0v) is 7.84. The van der Waals surface area contributed by atoms with E-state index in [1.165, 1.54) is 0 Å². The van der Waals surface area contributed by atoms with Crippen molar-refractivity contribution in [1.29, 1.82) is 0 Å². The highest BCUT2D eigenvalue weighted by atomic mass is 16.5. The Kier molecular flexibility index (Phi) is 5.80. The van der Waals surface area contributed by atoms with Crippen LogP contribution < -0.4 is 0 Å². The minimum absolute atomic E-state index is 0.580. The van der Waals surface area contributed by atoms with Crippen molar-refractivity contribution in [3.05, 3.63) is 48.8 Å². The average Bonchev–Trinajstić information content (AvgIpc) is 2.05. The van der Waals surface area contributed by atoms with Gasteiger partial charge in [0.25, 0.3) is 0 Å². The van der Waals surface area contributed by atoms with Crippen molar-refractivity contribution in [2.45, 2.75) is 13.8 Å². The fraction of sp³-hybridized carbons (Fsp3) is 0.273. The first-order chi connectivity index (χ1) is 5.70. The summed E-state index contributed by atoms with van der Waals surface area (Å²) in [7, 11) is 0. The van der Waals surface area contributed by atoms with Crippen LogP contribution in [0.1, 0.15) is 13.8 Å². The molecular weight excluding hydrogens is 148 g/mol. The molecule has 0 unspecified atom stereocenters. The maximum atomic E-state index is 5.24. The zero-order chi connectivity index (χ0) is 9.40. The van der Waals surface area contributed by atoms with Gasteiger partial charge >= 0.3 is 0 Å². The van der Waals surface area contributed by atoms with Crippen LogP contribution in [0.5, 0.6) is 0 Å². The largest absolute Gasteiger partial charge is 0.494 e. The van der Waals surface area contributed by atoms with Gasteiger partial charge in [0.15, 0.2) is 0 Å². The van der Waals surface area contributed by atoms with Gasteiger partial charge in [-0.25, -0.2) is 0 Å². The highest BCUT2D eigenvalue weighted by Crippen LogP contribution is 2.01. The second kappa shape index (κ2) is 6.47. The fourth-order valence-electron chi connectivity index (χ4n) is 0.626. The van der Waals surface area contributed by atoms with Gasteiger partial charge in [0.2, 0.25) is 0 Å². The molecule has 0 saturated heterocycles. The Hall–Kier alpha value is -1.24. The van der Waals surface area contributed by atoms with Crippen molar-refractivity contribution in [3.63, 3.8) is 0 Å². The Labute approximate surface area is 74.7 Å². The molecule has 0 aliphatic carbocycles. The van der Waals surface area contributed by atoms with Gasteiger partial charge in [-0.3, -0.25) is 0 Å². The molecule has 0 aliphatic heterocycles. The molecule has 0 aromatic carbocycles. The van der Waals surface area contributed by atoms with E-state index in [9.17, 15) is 0 Å². The van der Waals surface area contributed by atoms with Crippen LogP contribution in [0.25, 0.3) is 0 Å². The lowest BCUT2D eigenvalue weighted by atomic mass is 10.2. The third-order valence-electron chi connectivity index (χ3n) is 1.30. The molecule has 0 aromatic heterocycles. The Balaban J connectivity index is 3.93. The van der Waals surface area contributed by atoms with Crippen molar-refractivity contribution >= 4 is 0 Å². The first kappa shape index (κ1) is 10.8. The Bertz CT molecular complexity index is 209. The minimum atomic E-state index is 0.580. The molecule has 0 atom stereocenters. The first-order valence-electron chi connectivity index (χ1n) is 3.93. The van der Waals surface area contributed by atoms with Crippen LogP contribution in [0.2, 0.25) is 0 Å². The monoisotopic (exact) mass is 164 g/mol. The van der Waals surface area contributed by atoms with E-state index in [2.05, 4.69) is 13.2 Å². The second-order valence-corrected chi connectivity index (χ2v) is 2.45. The van der Waals surface area contributed by atoms with E-state index in [1.807, 2.05) is 32.1 Å². The molecule has 1 heteroatoms. The summed E-state index contributed by atoms with van der Waals surface area (Å²) in [6.45, 7) is 11.6. The van der Waals surface area contributed by atoms with Crippen LogP contribution in [-0.2, 0) is 4.74 Å². The quantitative estimate of drug-likeness (QED) is 0.448. The van der Waals surface area contributed by atoms with E-state index in [0.717, 1.165) is 11.3 Å². The summed E-state index contributed by atoms with van der Waals surface area (Å²) < 4.78 is 5.24. The lowest BCUT2D eigenvalue weighted by Gasteiger charge is -2.04. The van der Waals surface area contributed by atoms with Crippen molar-refractivity contribution < 1.29 is 4.74 Å².